The van der Waals surface area contributed by atoms with Crippen LogP contribution in [0.5, 0.6) is 5.88 Å². The third-order valence-corrected chi connectivity index (χ3v) is 4.47. The Balaban J connectivity index is 1.70. The predicted octanol–water partition coefficient (Wildman–Crippen LogP) is 3.85. The van der Waals surface area contributed by atoms with E-state index in [1.807, 2.05) is 31.2 Å². The van der Waals surface area contributed by atoms with Crippen LogP contribution in [0.2, 0.25) is 0 Å². The second-order valence-electron chi connectivity index (χ2n) is 6.81. The molecule has 29 heavy (non-hydrogen) atoms. The van der Waals surface area contributed by atoms with Gasteiger partial charge in [0.2, 0.25) is 5.88 Å². The van der Waals surface area contributed by atoms with E-state index in [2.05, 4.69) is 51.3 Å². The molecule has 2 aromatic rings. The summed E-state index contributed by atoms with van der Waals surface area (Å²) >= 11 is 0. The second kappa shape index (κ2) is 11.1. The van der Waals surface area contributed by atoms with Gasteiger partial charge in [-0.05, 0) is 25.8 Å². The molecule has 1 aromatic carbocycles. The summed E-state index contributed by atoms with van der Waals surface area (Å²) in [6, 6.07) is 12.2. The molecule has 3 rings (SSSR count). The highest BCUT2D eigenvalue weighted by Gasteiger charge is 2.14. The molecule has 6 nitrogen and oxygen atoms in total. The Morgan fingerprint density at radius 2 is 2.14 bits per heavy atom. The Morgan fingerprint density at radius 3 is 2.93 bits per heavy atom. The summed E-state index contributed by atoms with van der Waals surface area (Å²) in [4.78, 5) is 6.83. The van der Waals surface area contributed by atoms with Crippen LogP contribution in [0.4, 0.5) is 11.5 Å². The van der Waals surface area contributed by atoms with E-state index in [0.29, 0.717) is 18.3 Å². The van der Waals surface area contributed by atoms with Gasteiger partial charge < -0.3 is 14.4 Å². The Bertz CT molecular complexity index is 880. The predicted molar refractivity (Wildman–Crippen MR) is 118 cm³/mol. The molecule has 0 unspecified atom stereocenters. The molecule has 0 aliphatic carbocycles. The monoisotopic (exact) mass is 392 g/mol. The maximum Gasteiger partial charge on any atom is 0.217 e. The molecule has 1 aliphatic heterocycles. The van der Waals surface area contributed by atoms with Gasteiger partial charge in [-0.2, -0.15) is 10.1 Å². The number of benzene rings is 1. The molecule has 0 spiro atoms. The van der Waals surface area contributed by atoms with E-state index < -0.39 is 0 Å². The number of nitrogens with one attached hydrogen (secondary N) is 1. The van der Waals surface area contributed by atoms with Gasteiger partial charge in [-0.3, -0.25) is 5.43 Å². The van der Waals surface area contributed by atoms with Gasteiger partial charge in [0.1, 0.15) is 0 Å². The number of rotatable bonds is 8. The van der Waals surface area contributed by atoms with Crippen LogP contribution in [0.25, 0.3) is 0 Å². The molecular formula is C23H28N4O2. The van der Waals surface area contributed by atoms with E-state index >= 15 is 0 Å². The minimum absolute atomic E-state index is 0.584. The minimum Gasteiger partial charge on any atom is -0.478 e. The number of anilines is 2. The number of morpholine rings is 1. The quantitative estimate of drug-likeness (QED) is 0.320. The first-order valence-corrected chi connectivity index (χ1v) is 9.97. The number of pyridine rings is 1. The lowest BCUT2D eigenvalue weighted by atomic mass is 10.2. The molecule has 0 bridgehead atoms. The third kappa shape index (κ3) is 6.81. The molecule has 1 aliphatic rings. The van der Waals surface area contributed by atoms with Gasteiger partial charge in [0.25, 0.3) is 0 Å². The summed E-state index contributed by atoms with van der Waals surface area (Å²) in [5, 5.41) is 4.35. The Kier molecular flexibility index (Phi) is 7.90. The fourth-order valence-corrected chi connectivity index (χ4v) is 3.01. The average molecular weight is 393 g/mol. The highest BCUT2D eigenvalue weighted by atomic mass is 16.5. The molecule has 1 saturated heterocycles. The average Bonchev–Trinajstić information content (AvgIpc) is 2.74. The van der Waals surface area contributed by atoms with Crippen molar-refractivity contribution < 1.29 is 9.47 Å². The van der Waals surface area contributed by atoms with Crippen LogP contribution in [0, 0.1) is 18.8 Å². The van der Waals surface area contributed by atoms with Gasteiger partial charge in [0, 0.05) is 37.3 Å². The normalized spacial score (nSPS) is 13.8. The molecule has 0 amide bonds. The van der Waals surface area contributed by atoms with Crippen molar-refractivity contribution in [1.82, 2.24) is 4.98 Å². The maximum absolute atomic E-state index is 5.88. The maximum atomic E-state index is 5.88. The Labute approximate surface area is 172 Å². The van der Waals surface area contributed by atoms with Gasteiger partial charge in [-0.15, -0.1) is 11.8 Å². The van der Waals surface area contributed by atoms with Crippen molar-refractivity contribution in [3.63, 3.8) is 0 Å². The molecule has 152 valence electrons. The number of aromatic nitrogens is 1. The van der Waals surface area contributed by atoms with Crippen molar-refractivity contribution in [2.24, 2.45) is 5.10 Å². The van der Waals surface area contributed by atoms with Crippen LogP contribution in [-0.2, 0) is 4.74 Å². The summed E-state index contributed by atoms with van der Waals surface area (Å²) in [7, 11) is 0. The van der Waals surface area contributed by atoms with Crippen molar-refractivity contribution in [3.8, 4) is 17.7 Å². The van der Waals surface area contributed by atoms with Crippen molar-refractivity contribution in [2.45, 2.75) is 26.7 Å². The lowest BCUT2D eigenvalue weighted by Crippen LogP contribution is -2.36. The fraction of sp³-hybridized carbons (Fsp3) is 0.391. The summed E-state index contributed by atoms with van der Waals surface area (Å²) in [5.74, 6) is 7.20. The molecule has 6 heteroatoms. The zero-order valence-corrected chi connectivity index (χ0v) is 17.1. The molecule has 0 radical (unpaired) electrons. The summed E-state index contributed by atoms with van der Waals surface area (Å²) < 4.78 is 11.3. The number of hydrogen-bond donors (Lipinski definition) is 1. The van der Waals surface area contributed by atoms with Crippen LogP contribution >= 0.6 is 0 Å². The number of hydrogen-bond acceptors (Lipinski definition) is 6. The van der Waals surface area contributed by atoms with Crippen molar-refractivity contribution in [3.05, 3.63) is 47.5 Å². The Morgan fingerprint density at radius 1 is 1.28 bits per heavy atom. The topological polar surface area (TPSA) is 59.0 Å². The lowest BCUT2D eigenvalue weighted by Gasteiger charge is -2.29. The molecule has 0 atom stereocenters. The van der Waals surface area contributed by atoms with Crippen molar-refractivity contribution >= 4 is 17.7 Å². The first-order valence-electron chi connectivity index (χ1n) is 9.97. The van der Waals surface area contributed by atoms with Crippen molar-refractivity contribution in [1.29, 1.82) is 0 Å². The summed E-state index contributed by atoms with van der Waals surface area (Å²) in [6.45, 7) is 7.64. The van der Waals surface area contributed by atoms with Gasteiger partial charge in [0.05, 0.1) is 26.0 Å². The number of unbranched alkanes of at least 4 members (excludes halogenated alkanes) is 1. The van der Waals surface area contributed by atoms with Gasteiger partial charge >= 0.3 is 0 Å². The van der Waals surface area contributed by atoms with E-state index in [1.54, 1.807) is 6.21 Å². The van der Waals surface area contributed by atoms with E-state index in [-0.39, 0.29) is 0 Å². The largest absolute Gasteiger partial charge is 0.478 e. The molecular weight excluding hydrogens is 364 g/mol. The van der Waals surface area contributed by atoms with E-state index in [0.717, 1.165) is 50.4 Å². The zero-order chi connectivity index (χ0) is 20.3. The van der Waals surface area contributed by atoms with Crippen LogP contribution in [-0.4, -0.2) is 44.1 Å². The number of ether oxygens (including phenoxy) is 2. The summed E-state index contributed by atoms with van der Waals surface area (Å²) in [6.07, 6.45) is 3.49. The Hall–Kier alpha value is -3.04. The first kappa shape index (κ1) is 20.7. The zero-order valence-electron chi connectivity index (χ0n) is 17.1. The molecule has 1 aromatic heterocycles. The lowest BCUT2D eigenvalue weighted by molar-refractivity contribution is 0.122. The fourth-order valence-electron chi connectivity index (χ4n) is 3.01. The van der Waals surface area contributed by atoms with E-state index in [1.165, 1.54) is 5.56 Å². The van der Waals surface area contributed by atoms with Crippen LogP contribution in [0.3, 0.4) is 0 Å². The number of nitrogens with zero attached hydrogens (tertiary/aromatic N) is 3. The van der Waals surface area contributed by atoms with Gasteiger partial charge in [-0.1, -0.05) is 29.8 Å². The molecule has 0 saturated carbocycles. The molecule has 1 N–H and O–H groups in total. The highest BCUT2D eigenvalue weighted by Crippen LogP contribution is 2.25. The standard InChI is InChI=1S/C23H28N4O2/c1-3-4-5-6-12-29-23-17-21(27-10-13-28-14-11-27)16-22(25-23)26-24-18-20-9-7-8-19(2)15-20/h7-9,15-18H,5-6,10-14H2,1-2H3,(H,25,26)/b24-18+. The summed E-state index contributed by atoms with van der Waals surface area (Å²) in [5.41, 5.74) is 6.33. The number of aryl methyl sites for hydroxylation is 1. The van der Waals surface area contributed by atoms with Gasteiger partial charge in [0.15, 0.2) is 5.82 Å². The van der Waals surface area contributed by atoms with Crippen LogP contribution in [0.1, 0.15) is 30.9 Å². The first-order chi connectivity index (χ1) is 14.2. The second-order valence-corrected chi connectivity index (χ2v) is 6.81. The van der Waals surface area contributed by atoms with Crippen LogP contribution in [0.15, 0.2) is 41.5 Å². The van der Waals surface area contributed by atoms with E-state index in [9.17, 15) is 0 Å². The van der Waals surface area contributed by atoms with E-state index in [4.69, 9.17) is 9.47 Å². The van der Waals surface area contributed by atoms with Crippen LogP contribution < -0.4 is 15.1 Å². The molecule has 2 heterocycles. The minimum atomic E-state index is 0.584. The number of hydrazone groups is 1. The molecule has 1 fully saturated rings. The highest BCUT2D eigenvalue weighted by molar-refractivity contribution is 5.80. The smallest absolute Gasteiger partial charge is 0.217 e. The van der Waals surface area contributed by atoms with Gasteiger partial charge in [-0.25, -0.2) is 0 Å². The third-order valence-electron chi connectivity index (χ3n) is 4.47. The van der Waals surface area contributed by atoms with Crippen molar-refractivity contribution in [2.75, 3.05) is 43.2 Å². The SMILES string of the molecule is CC#CCCCOc1cc(N2CCOCC2)cc(N/N=C/c2cccc(C)c2)n1.